The van der Waals surface area contributed by atoms with Gasteiger partial charge in [0, 0.05) is 6.92 Å². The normalized spacial score (nSPS) is 35.1. The Morgan fingerprint density at radius 1 is 1.26 bits per heavy atom. The van der Waals surface area contributed by atoms with E-state index < -0.39 is 52.6 Å². The van der Waals surface area contributed by atoms with Crippen LogP contribution >= 0.6 is 0 Å². The fourth-order valence-corrected chi connectivity index (χ4v) is 5.15. The quantitative estimate of drug-likeness (QED) is 0.344. The van der Waals surface area contributed by atoms with E-state index in [-0.39, 0.29) is 25.9 Å². The molecule has 2 fully saturated rings. The second kappa shape index (κ2) is 9.57. The number of aliphatic hydroxyl groups excluding tert-OH is 2. The predicted molar refractivity (Wildman–Crippen MR) is 113 cm³/mol. The molecule has 8 nitrogen and oxygen atoms in total. The predicted octanol–water partition coefficient (Wildman–Crippen LogP) is 1.48. The molecule has 2 aliphatic rings. The van der Waals surface area contributed by atoms with Gasteiger partial charge in [0.1, 0.15) is 6.61 Å². The van der Waals surface area contributed by atoms with Crippen LogP contribution in [0.4, 0.5) is 0 Å². The number of carbonyl (C=O) groups is 2. The molecule has 2 bridgehead atoms. The second-order valence-electron chi connectivity index (χ2n) is 10.1. The van der Waals surface area contributed by atoms with Gasteiger partial charge in [-0.25, -0.2) is 0 Å². The van der Waals surface area contributed by atoms with E-state index in [1.807, 2.05) is 6.92 Å². The van der Waals surface area contributed by atoms with Crippen molar-refractivity contribution in [2.45, 2.75) is 89.6 Å². The summed E-state index contributed by atoms with van der Waals surface area (Å²) in [5.74, 6) is -2.44. The van der Waals surface area contributed by atoms with Crippen molar-refractivity contribution in [2.75, 3.05) is 13.7 Å². The van der Waals surface area contributed by atoms with Crippen LogP contribution in [0.1, 0.15) is 66.2 Å². The number of fused-ring (bicyclic) bond motifs is 2. The minimum absolute atomic E-state index is 0.0861. The first-order chi connectivity index (χ1) is 14.2. The topological polar surface area (TPSA) is 134 Å². The Labute approximate surface area is 184 Å². The number of rotatable bonds is 7. The van der Waals surface area contributed by atoms with E-state index in [1.54, 1.807) is 6.08 Å². The maximum atomic E-state index is 12.9. The molecule has 2 saturated carbocycles. The van der Waals surface area contributed by atoms with Gasteiger partial charge in [-0.15, -0.1) is 0 Å². The molecule has 2 aliphatic carbocycles. The molecule has 8 heteroatoms. The van der Waals surface area contributed by atoms with Gasteiger partial charge >= 0.3 is 11.9 Å². The van der Waals surface area contributed by atoms with E-state index in [0.717, 1.165) is 0 Å². The van der Waals surface area contributed by atoms with Crippen LogP contribution in [0.15, 0.2) is 11.6 Å². The van der Waals surface area contributed by atoms with Crippen molar-refractivity contribution < 1.29 is 39.5 Å². The Hall–Kier alpha value is -1.48. The smallest absolute Gasteiger partial charge is 0.312 e. The monoisotopic (exact) mass is 442 g/mol. The maximum absolute atomic E-state index is 12.9. The molecule has 0 heterocycles. The lowest BCUT2D eigenvalue weighted by atomic mass is 9.63. The fourth-order valence-electron chi connectivity index (χ4n) is 5.15. The molecule has 0 saturated heterocycles. The number of ether oxygens (including phenoxy) is 2. The molecule has 0 radical (unpaired) electrons. The van der Waals surface area contributed by atoms with E-state index in [2.05, 4.69) is 0 Å². The standard InChI is InChI=1S/C23H38O8/c1-14(24)31-12-15(6-7-17(25)21(2,3)28)16-8-10-22(4)13-23(29,11-9-18(22)26)19(16)20(27)30-5/h6,16-19,25-26,28-29H,7-13H2,1-5H3/t16-,17?,18-,19+,22+,23-/m1/s1. The van der Waals surface area contributed by atoms with Gasteiger partial charge in [-0.3, -0.25) is 9.59 Å². The zero-order valence-corrected chi connectivity index (χ0v) is 19.3. The highest BCUT2D eigenvalue weighted by Gasteiger charge is 2.57. The molecule has 0 aliphatic heterocycles. The second-order valence-corrected chi connectivity index (χ2v) is 10.1. The number of methoxy groups -OCH3 is 1. The summed E-state index contributed by atoms with van der Waals surface area (Å²) in [5.41, 5.74) is -2.66. The molecule has 0 aromatic rings. The van der Waals surface area contributed by atoms with Gasteiger partial charge in [-0.05, 0) is 69.3 Å². The summed E-state index contributed by atoms with van der Waals surface area (Å²) in [4.78, 5) is 24.4. The van der Waals surface area contributed by atoms with E-state index >= 15 is 0 Å². The molecule has 31 heavy (non-hydrogen) atoms. The van der Waals surface area contributed by atoms with Gasteiger partial charge in [-0.2, -0.15) is 0 Å². The van der Waals surface area contributed by atoms with E-state index in [9.17, 15) is 30.0 Å². The van der Waals surface area contributed by atoms with Crippen molar-refractivity contribution in [3.63, 3.8) is 0 Å². The van der Waals surface area contributed by atoms with Crippen molar-refractivity contribution in [3.8, 4) is 0 Å². The molecule has 0 spiro atoms. The van der Waals surface area contributed by atoms with Crippen molar-refractivity contribution in [1.29, 1.82) is 0 Å². The largest absolute Gasteiger partial charge is 0.469 e. The number of hydrogen-bond donors (Lipinski definition) is 4. The summed E-state index contributed by atoms with van der Waals surface area (Å²) >= 11 is 0. The van der Waals surface area contributed by atoms with Crippen LogP contribution in [0.2, 0.25) is 0 Å². The highest BCUT2D eigenvalue weighted by Crippen LogP contribution is 2.54. The third kappa shape index (κ3) is 5.86. The lowest BCUT2D eigenvalue weighted by molar-refractivity contribution is -0.170. The van der Waals surface area contributed by atoms with Crippen LogP contribution < -0.4 is 0 Å². The SMILES string of the molecule is COC(=O)[C@@H]1[C@@H](C(=CCC(O)C(C)(C)O)COC(C)=O)CC[C@@]2(C)C[C@]1(O)CC[C@H]2O. The number of esters is 2. The average molecular weight is 443 g/mol. The van der Waals surface area contributed by atoms with Crippen LogP contribution in [0.5, 0.6) is 0 Å². The zero-order chi connectivity index (χ0) is 23.6. The van der Waals surface area contributed by atoms with Crippen LogP contribution in [0.25, 0.3) is 0 Å². The highest BCUT2D eigenvalue weighted by molar-refractivity contribution is 5.75. The van der Waals surface area contributed by atoms with Crippen molar-refractivity contribution in [2.24, 2.45) is 17.3 Å². The number of aliphatic hydroxyl groups is 4. The Morgan fingerprint density at radius 3 is 2.45 bits per heavy atom. The van der Waals surface area contributed by atoms with Crippen LogP contribution in [0, 0.1) is 17.3 Å². The first kappa shape index (κ1) is 25.8. The summed E-state index contributed by atoms with van der Waals surface area (Å²) in [5, 5.41) is 42.5. The lowest BCUT2D eigenvalue weighted by Crippen LogP contribution is -2.53. The van der Waals surface area contributed by atoms with E-state index in [0.29, 0.717) is 24.8 Å². The first-order valence-corrected chi connectivity index (χ1v) is 10.9. The minimum Gasteiger partial charge on any atom is -0.469 e. The summed E-state index contributed by atoms with van der Waals surface area (Å²) in [7, 11) is 1.28. The van der Waals surface area contributed by atoms with Crippen molar-refractivity contribution >= 4 is 11.9 Å². The molecule has 0 aromatic carbocycles. The summed E-state index contributed by atoms with van der Waals surface area (Å²) in [6.45, 7) is 6.10. The highest BCUT2D eigenvalue weighted by atomic mass is 16.5. The van der Waals surface area contributed by atoms with Crippen molar-refractivity contribution in [3.05, 3.63) is 11.6 Å². The Morgan fingerprint density at radius 2 is 1.90 bits per heavy atom. The number of carbonyl (C=O) groups excluding carboxylic acids is 2. The van der Waals surface area contributed by atoms with Crippen LogP contribution in [0.3, 0.4) is 0 Å². The maximum Gasteiger partial charge on any atom is 0.312 e. The average Bonchev–Trinajstić information content (AvgIpc) is 2.76. The third-order valence-corrected chi connectivity index (χ3v) is 7.17. The summed E-state index contributed by atoms with van der Waals surface area (Å²) in [6, 6.07) is 0. The molecule has 6 atom stereocenters. The van der Waals surface area contributed by atoms with Gasteiger partial charge in [-0.1, -0.05) is 13.0 Å². The Balaban J connectivity index is 2.49. The zero-order valence-electron chi connectivity index (χ0n) is 19.3. The van der Waals surface area contributed by atoms with E-state index in [1.165, 1.54) is 27.9 Å². The van der Waals surface area contributed by atoms with Gasteiger partial charge in [0.25, 0.3) is 0 Å². The minimum atomic E-state index is -1.37. The molecule has 0 amide bonds. The van der Waals surface area contributed by atoms with Gasteiger partial charge < -0.3 is 29.9 Å². The molecule has 1 unspecified atom stereocenters. The Kier molecular flexibility index (Phi) is 7.95. The third-order valence-electron chi connectivity index (χ3n) is 7.17. The lowest BCUT2D eigenvalue weighted by Gasteiger charge is -2.47. The Bertz CT molecular complexity index is 696. The summed E-state index contributed by atoms with van der Waals surface area (Å²) < 4.78 is 10.3. The summed E-state index contributed by atoms with van der Waals surface area (Å²) in [6.07, 6.45) is 2.07. The first-order valence-electron chi connectivity index (χ1n) is 10.9. The molecule has 0 aromatic heterocycles. The van der Waals surface area contributed by atoms with E-state index in [4.69, 9.17) is 9.47 Å². The fraction of sp³-hybridized carbons (Fsp3) is 0.826. The number of hydrogen-bond acceptors (Lipinski definition) is 8. The van der Waals surface area contributed by atoms with Crippen LogP contribution in [-0.4, -0.2) is 69.5 Å². The van der Waals surface area contributed by atoms with Gasteiger partial charge in [0.05, 0.1) is 36.4 Å². The molecular weight excluding hydrogens is 404 g/mol. The van der Waals surface area contributed by atoms with Crippen molar-refractivity contribution in [1.82, 2.24) is 0 Å². The molecule has 4 N–H and O–H groups in total. The molecule has 2 rings (SSSR count). The van der Waals surface area contributed by atoms with Crippen LogP contribution in [-0.2, 0) is 19.1 Å². The van der Waals surface area contributed by atoms with Gasteiger partial charge in [0.15, 0.2) is 0 Å². The van der Waals surface area contributed by atoms with Gasteiger partial charge in [0.2, 0.25) is 0 Å². The molecule has 178 valence electrons. The molecular formula is C23H38O8.